The van der Waals surface area contributed by atoms with Crippen molar-refractivity contribution in [3.05, 3.63) is 54.3 Å². The highest BCUT2D eigenvalue weighted by Crippen LogP contribution is 2.63. The van der Waals surface area contributed by atoms with Gasteiger partial charge in [0.05, 0.1) is 31.0 Å². The van der Waals surface area contributed by atoms with Crippen LogP contribution in [-0.4, -0.2) is 59.0 Å². The number of ether oxygens (including phenoxy) is 4. The molecular formula is C29H35NO8. The number of carbonyl (C=O) groups is 3. The summed E-state index contributed by atoms with van der Waals surface area (Å²) in [7, 11) is 1.61. The zero-order valence-electron chi connectivity index (χ0n) is 22.3. The Morgan fingerprint density at radius 3 is 2.53 bits per heavy atom. The Hall–Kier alpha value is -3.17. The fourth-order valence-corrected chi connectivity index (χ4v) is 6.65. The smallest absolute Gasteiger partial charge is 0.497 e. The lowest BCUT2D eigenvalue weighted by Gasteiger charge is -2.45. The van der Waals surface area contributed by atoms with Gasteiger partial charge in [-0.3, -0.25) is 9.59 Å². The van der Waals surface area contributed by atoms with Crippen LogP contribution in [0.4, 0.5) is 4.79 Å². The summed E-state index contributed by atoms with van der Waals surface area (Å²) in [5.74, 6) is -1.71. The average Bonchev–Trinajstić information content (AvgIpc) is 3.49. The van der Waals surface area contributed by atoms with Gasteiger partial charge in [0.15, 0.2) is 5.78 Å². The number of cyclic esters (lactones) is 1. The Kier molecular flexibility index (Phi) is 6.43. The molecule has 0 aromatic heterocycles. The summed E-state index contributed by atoms with van der Waals surface area (Å²) in [4.78, 5) is 39.7. The van der Waals surface area contributed by atoms with Gasteiger partial charge in [-0.25, -0.2) is 4.79 Å². The molecule has 3 fully saturated rings. The number of rotatable bonds is 3. The predicted octanol–water partition coefficient (Wildman–Crippen LogP) is 3.10. The van der Waals surface area contributed by atoms with Crippen molar-refractivity contribution in [2.24, 2.45) is 23.7 Å². The summed E-state index contributed by atoms with van der Waals surface area (Å²) in [5.41, 5.74) is -2.89. The standard InChI is InChI=1S/C29H35NO8/c1-16-7-6-8-20-24-28(4,37-24)17(2)22-21(15-18-9-11-19(35-5)12-10-18)30-25(32)29(20,22)38-26(33)36-14-13-27(3,34)23(16)31/h6,8-14,16-17,20-22,24,34H,7,15H2,1-5H3,(H,30,32)/b8-6+,14-13+/t16-,17-,20-,21-,22-,24-,27+,28+,29+/m1/s1. The van der Waals surface area contributed by atoms with E-state index in [1.807, 2.05) is 50.3 Å². The van der Waals surface area contributed by atoms with E-state index in [-0.39, 0.29) is 18.1 Å². The molecule has 2 saturated heterocycles. The SMILES string of the molecule is COc1ccc(C[C@H]2NC(=O)[C@]34OC(=O)O/C=C/[C@](C)(O)C(=O)[C@H](C)C/C=C/[C@@H]3[C@H]3O[C@@]3(C)[C@H](C)[C@H]24)cc1. The quantitative estimate of drug-likeness (QED) is 0.351. The molecule has 1 amide bonds. The van der Waals surface area contributed by atoms with Crippen molar-refractivity contribution in [2.75, 3.05) is 7.11 Å². The Labute approximate surface area is 222 Å². The molecule has 38 heavy (non-hydrogen) atoms. The van der Waals surface area contributed by atoms with Crippen molar-refractivity contribution in [2.45, 2.75) is 69.5 Å². The van der Waals surface area contributed by atoms with E-state index in [0.717, 1.165) is 23.7 Å². The van der Waals surface area contributed by atoms with Gasteiger partial charge in [-0.1, -0.05) is 38.1 Å². The number of benzene rings is 1. The molecule has 0 bridgehead atoms. The van der Waals surface area contributed by atoms with Crippen LogP contribution in [0.15, 0.2) is 48.8 Å². The summed E-state index contributed by atoms with van der Waals surface area (Å²) >= 11 is 0. The zero-order valence-corrected chi connectivity index (χ0v) is 22.3. The molecule has 1 aromatic rings. The normalized spacial score (nSPS) is 43.9. The van der Waals surface area contributed by atoms with E-state index in [1.54, 1.807) is 14.0 Å². The lowest BCUT2D eigenvalue weighted by Crippen LogP contribution is -2.61. The first-order valence-electron chi connectivity index (χ1n) is 13.1. The zero-order chi connectivity index (χ0) is 27.5. The fraction of sp³-hybridized carbons (Fsp3) is 0.552. The number of amides is 1. The summed E-state index contributed by atoms with van der Waals surface area (Å²) < 4.78 is 22.6. The Bertz CT molecular complexity index is 1190. The monoisotopic (exact) mass is 525 g/mol. The van der Waals surface area contributed by atoms with Crippen LogP contribution in [-0.2, 0) is 30.2 Å². The molecule has 9 nitrogen and oxygen atoms in total. The molecule has 204 valence electrons. The van der Waals surface area contributed by atoms with E-state index < -0.39 is 52.4 Å². The van der Waals surface area contributed by atoms with E-state index in [0.29, 0.717) is 12.8 Å². The minimum absolute atomic E-state index is 0.125. The number of fused-ring (bicyclic) bond motifs is 2. The summed E-state index contributed by atoms with van der Waals surface area (Å²) in [5, 5.41) is 13.7. The molecule has 1 aliphatic carbocycles. The van der Waals surface area contributed by atoms with Crippen LogP contribution >= 0.6 is 0 Å². The number of allylic oxidation sites excluding steroid dienone is 1. The number of ketones is 1. The van der Waals surface area contributed by atoms with Crippen LogP contribution in [0.2, 0.25) is 0 Å². The number of hydrogen-bond donors (Lipinski definition) is 2. The van der Waals surface area contributed by atoms with Crippen molar-refractivity contribution < 1.29 is 38.4 Å². The van der Waals surface area contributed by atoms with Crippen molar-refractivity contribution in [3.8, 4) is 5.75 Å². The van der Waals surface area contributed by atoms with Gasteiger partial charge in [0.1, 0.15) is 11.4 Å². The minimum Gasteiger partial charge on any atom is -0.497 e. The Balaban J connectivity index is 1.55. The topological polar surface area (TPSA) is 124 Å². The van der Waals surface area contributed by atoms with Crippen LogP contribution in [0.5, 0.6) is 5.75 Å². The molecule has 1 saturated carbocycles. The van der Waals surface area contributed by atoms with Crippen LogP contribution < -0.4 is 10.1 Å². The molecule has 4 aliphatic rings. The number of aliphatic hydroxyl groups is 1. The molecule has 3 heterocycles. The molecule has 9 atom stereocenters. The second-order valence-corrected chi connectivity index (χ2v) is 11.3. The molecule has 0 unspecified atom stereocenters. The molecular weight excluding hydrogens is 490 g/mol. The van der Waals surface area contributed by atoms with Crippen LogP contribution in [0.1, 0.15) is 39.7 Å². The third kappa shape index (κ3) is 4.12. The van der Waals surface area contributed by atoms with E-state index >= 15 is 0 Å². The maximum atomic E-state index is 13.9. The maximum absolute atomic E-state index is 13.9. The lowest BCUT2D eigenvalue weighted by atomic mass is 9.59. The van der Waals surface area contributed by atoms with E-state index in [1.165, 1.54) is 6.92 Å². The largest absolute Gasteiger partial charge is 0.514 e. The highest BCUT2D eigenvalue weighted by molar-refractivity contribution is 5.92. The van der Waals surface area contributed by atoms with E-state index in [9.17, 15) is 19.5 Å². The van der Waals surface area contributed by atoms with Gasteiger partial charge in [-0.15, -0.1) is 0 Å². The van der Waals surface area contributed by atoms with Crippen LogP contribution in [0.3, 0.4) is 0 Å². The van der Waals surface area contributed by atoms with Gasteiger partial charge in [-0.2, -0.15) is 0 Å². The van der Waals surface area contributed by atoms with Crippen molar-refractivity contribution in [1.29, 1.82) is 0 Å². The summed E-state index contributed by atoms with van der Waals surface area (Å²) in [6, 6.07) is 7.32. The lowest BCUT2D eigenvalue weighted by molar-refractivity contribution is -0.153. The molecule has 0 radical (unpaired) electrons. The Morgan fingerprint density at radius 2 is 1.84 bits per heavy atom. The van der Waals surface area contributed by atoms with Gasteiger partial charge in [0.25, 0.3) is 5.91 Å². The second-order valence-electron chi connectivity index (χ2n) is 11.3. The average molecular weight is 526 g/mol. The third-order valence-electron chi connectivity index (χ3n) is 8.96. The van der Waals surface area contributed by atoms with Gasteiger partial charge < -0.3 is 29.4 Å². The molecule has 5 rings (SSSR count). The minimum atomic E-state index is -1.82. The fourth-order valence-electron chi connectivity index (χ4n) is 6.65. The van der Waals surface area contributed by atoms with Gasteiger partial charge in [0, 0.05) is 17.9 Å². The number of Topliss-reactive ketones (excluding diaryl/α,β-unsaturated/α-hetero) is 1. The predicted molar refractivity (Wildman–Crippen MR) is 136 cm³/mol. The van der Waals surface area contributed by atoms with Crippen molar-refractivity contribution in [3.63, 3.8) is 0 Å². The maximum Gasteiger partial charge on any atom is 0.514 e. The van der Waals surface area contributed by atoms with Crippen LogP contribution in [0, 0.1) is 23.7 Å². The number of hydrogen-bond acceptors (Lipinski definition) is 8. The van der Waals surface area contributed by atoms with Gasteiger partial charge >= 0.3 is 6.16 Å². The third-order valence-corrected chi connectivity index (χ3v) is 8.96. The van der Waals surface area contributed by atoms with Crippen molar-refractivity contribution >= 4 is 17.8 Å². The number of nitrogens with one attached hydrogen (secondary N) is 1. The van der Waals surface area contributed by atoms with E-state index in [2.05, 4.69) is 5.32 Å². The first kappa shape index (κ1) is 26.4. The first-order chi connectivity index (χ1) is 17.9. The molecule has 9 heteroatoms. The van der Waals surface area contributed by atoms with E-state index in [4.69, 9.17) is 18.9 Å². The summed E-state index contributed by atoms with van der Waals surface area (Å²) in [6.45, 7) is 7.12. The highest BCUT2D eigenvalue weighted by atomic mass is 16.7. The number of epoxide rings is 1. The summed E-state index contributed by atoms with van der Waals surface area (Å²) in [6.07, 6.45) is 5.15. The molecule has 2 N–H and O–H groups in total. The molecule has 1 spiro atoms. The van der Waals surface area contributed by atoms with Gasteiger partial charge in [0.2, 0.25) is 5.60 Å². The highest BCUT2D eigenvalue weighted by Gasteiger charge is 2.78. The van der Waals surface area contributed by atoms with Crippen molar-refractivity contribution in [1.82, 2.24) is 5.32 Å². The number of carbonyl (C=O) groups excluding carboxylic acids is 3. The van der Waals surface area contributed by atoms with Gasteiger partial charge in [-0.05, 0) is 56.4 Å². The number of methoxy groups -OCH3 is 1. The molecule has 1 aromatic carbocycles. The first-order valence-corrected chi connectivity index (χ1v) is 13.1. The molecule has 3 aliphatic heterocycles. The second kappa shape index (κ2) is 9.24. The Morgan fingerprint density at radius 1 is 1.13 bits per heavy atom. The van der Waals surface area contributed by atoms with Crippen LogP contribution in [0.25, 0.3) is 0 Å².